The number of ether oxygens (including phenoxy) is 2. The van der Waals surface area contributed by atoms with Crippen LogP contribution in [0.25, 0.3) is 10.8 Å². The standard InChI is InChI=1S/C40H47N3O6/c1-7-22-41(29-16-18-31(19-17-29)48-9-3)36(45)33-34-37(46)43(32(25-44)26(4)5)35(40(34)21-20-39(33,6)49-40)38(47)42(23-8-2)30-15-14-27-12-10-11-13-28(27)24-30/h7-8,10-19,24,26,32-35,44H,1-2,9,20-23,25H2,3-6H3/t32-,33+,34-,35?,39-,40?/m0/s1. The number of nitrogens with zero attached hydrogens (tertiary/aromatic N) is 3. The fraction of sp³-hybridized carbons (Fsp3) is 0.425. The number of anilines is 2. The van der Waals surface area contributed by atoms with Crippen LogP contribution in [0.1, 0.15) is 40.5 Å². The third-order valence-corrected chi connectivity index (χ3v) is 10.7. The summed E-state index contributed by atoms with van der Waals surface area (Å²) in [7, 11) is 0. The van der Waals surface area contributed by atoms with Crippen molar-refractivity contribution in [2.24, 2.45) is 17.8 Å². The molecule has 2 bridgehead atoms. The van der Waals surface area contributed by atoms with Gasteiger partial charge in [0.25, 0.3) is 5.91 Å². The number of aliphatic hydroxyl groups excluding tert-OH is 1. The number of fused-ring (bicyclic) bond motifs is 2. The van der Waals surface area contributed by atoms with E-state index in [9.17, 15) is 14.7 Å². The molecule has 3 aromatic carbocycles. The van der Waals surface area contributed by atoms with Crippen molar-refractivity contribution in [2.45, 2.75) is 63.8 Å². The van der Waals surface area contributed by atoms with Crippen LogP contribution in [-0.2, 0) is 19.1 Å². The maximum Gasteiger partial charge on any atom is 0.253 e. The van der Waals surface area contributed by atoms with Gasteiger partial charge in [0.05, 0.1) is 36.7 Å². The smallest absolute Gasteiger partial charge is 0.253 e. The van der Waals surface area contributed by atoms with E-state index < -0.39 is 35.1 Å². The lowest BCUT2D eigenvalue weighted by atomic mass is 9.66. The van der Waals surface area contributed by atoms with Crippen molar-refractivity contribution >= 4 is 39.9 Å². The molecule has 49 heavy (non-hydrogen) atoms. The summed E-state index contributed by atoms with van der Waals surface area (Å²) in [6, 6.07) is 19.3. The Morgan fingerprint density at radius 2 is 1.61 bits per heavy atom. The molecule has 3 aliphatic rings. The number of aliphatic hydroxyl groups is 1. The molecular weight excluding hydrogens is 618 g/mol. The summed E-state index contributed by atoms with van der Waals surface area (Å²) < 4.78 is 12.6. The van der Waals surface area contributed by atoms with E-state index in [1.165, 1.54) is 0 Å². The average Bonchev–Trinajstić information content (AvgIpc) is 3.66. The minimum atomic E-state index is -1.26. The summed E-state index contributed by atoms with van der Waals surface area (Å²) in [6.45, 7) is 16.1. The van der Waals surface area contributed by atoms with Crippen LogP contribution in [0.3, 0.4) is 0 Å². The highest BCUT2D eigenvalue weighted by Gasteiger charge is 2.79. The zero-order chi connectivity index (χ0) is 35.1. The van der Waals surface area contributed by atoms with E-state index in [0.29, 0.717) is 36.6 Å². The Morgan fingerprint density at radius 3 is 2.22 bits per heavy atom. The van der Waals surface area contributed by atoms with Gasteiger partial charge < -0.3 is 29.3 Å². The van der Waals surface area contributed by atoms with Gasteiger partial charge in [-0.3, -0.25) is 14.4 Å². The highest BCUT2D eigenvalue weighted by Crippen LogP contribution is 2.64. The number of hydrogen-bond acceptors (Lipinski definition) is 6. The molecule has 3 aromatic rings. The van der Waals surface area contributed by atoms with Gasteiger partial charge in [-0.15, -0.1) is 13.2 Å². The molecule has 1 spiro atoms. The van der Waals surface area contributed by atoms with Crippen LogP contribution in [0, 0.1) is 17.8 Å². The number of hydrogen-bond donors (Lipinski definition) is 1. The Morgan fingerprint density at radius 1 is 0.980 bits per heavy atom. The monoisotopic (exact) mass is 665 g/mol. The summed E-state index contributed by atoms with van der Waals surface area (Å²) in [4.78, 5) is 49.7. The van der Waals surface area contributed by atoms with Gasteiger partial charge in [0.2, 0.25) is 11.8 Å². The molecule has 3 saturated heterocycles. The number of amides is 3. The summed E-state index contributed by atoms with van der Waals surface area (Å²) in [5.41, 5.74) is -0.932. The van der Waals surface area contributed by atoms with Gasteiger partial charge in [-0.05, 0) is 79.8 Å². The Labute approximate surface area is 288 Å². The van der Waals surface area contributed by atoms with E-state index in [0.717, 1.165) is 10.8 Å². The van der Waals surface area contributed by atoms with E-state index in [1.807, 2.05) is 94.4 Å². The first-order chi connectivity index (χ1) is 23.5. The number of carbonyl (C=O) groups excluding carboxylic acids is 3. The maximum absolute atomic E-state index is 15.1. The van der Waals surface area contributed by atoms with Gasteiger partial charge >= 0.3 is 0 Å². The predicted octanol–water partition coefficient (Wildman–Crippen LogP) is 5.76. The second-order valence-electron chi connectivity index (χ2n) is 13.9. The lowest BCUT2D eigenvalue weighted by molar-refractivity contribution is -0.149. The highest BCUT2D eigenvalue weighted by molar-refractivity contribution is 6.07. The molecule has 6 rings (SSSR count). The third kappa shape index (κ3) is 5.63. The minimum Gasteiger partial charge on any atom is -0.494 e. The second-order valence-corrected chi connectivity index (χ2v) is 13.9. The summed E-state index contributed by atoms with van der Waals surface area (Å²) in [6.07, 6.45) is 4.25. The van der Waals surface area contributed by atoms with Crippen LogP contribution in [0.15, 0.2) is 92.0 Å². The van der Waals surface area contributed by atoms with E-state index in [2.05, 4.69) is 13.2 Å². The van der Waals surface area contributed by atoms with Crippen molar-refractivity contribution in [1.82, 2.24) is 4.90 Å². The van der Waals surface area contributed by atoms with Crippen molar-refractivity contribution in [3.63, 3.8) is 0 Å². The molecule has 3 fully saturated rings. The topological polar surface area (TPSA) is 99.6 Å². The molecule has 0 saturated carbocycles. The van der Waals surface area contributed by atoms with Gasteiger partial charge in [0.15, 0.2) is 0 Å². The van der Waals surface area contributed by atoms with Gasteiger partial charge in [0.1, 0.15) is 17.4 Å². The molecule has 6 atom stereocenters. The van der Waals surface area contributed by atoms with E-state index >= 15 is 4.79 Å². The van der Waals surface area contributed by atoms with Crippen molar-refractivity contribution in [2.75, 3.05) is 36.1 Å². The molecule has 3 heterocycles. The lowest BCUT2D eigenvalue weighted by Gasteiger charge is -2.40. The molecule has 9 nitrogen and oxygen atoms in total. The number of rotatable bonds is 13. The summed E-state index contributed by atoms with van der Waals surface area (Å²) in [5.74, 6) is -2.18. The number of benzene rings is 3. The van der Waals surface area contributed by atoms with Crippen LogP contribution >= 0.6 is 0 Å². The Hall–Kier alpha value is -4.47. The van der Waals surface area contributed by atoms with Crippen molar-refractivity contribution in [1.29, 1.82) is 0 Å². The molecule has 0 aromatic heterocycles. The zero-order valence-corrected chi connectivity index (χ0v) is 28.9. The number of carbonyl (C=O) groups is 3. The van der Waals surface area contributed by atoms with Gasteiger partial charge in [-0.2, -0.15) is 0 Å². The first-order valence-electron chi connectivity index (χ1n) is 17.2. The van der Waals surface area contributed by atoms with Crippen molar-refractivity contribution in [3.8, 4) is 5.75 Å². The van der Waals surface area contributed by atoms with Crippen LogP contribution in [-0.4, -0.2) is 77.3 Å². The Bertz CT molecular complexity index is 1760. The first kappa shape index (κ1) is 34.4. The van der Waals surface area contributed by atoms with E-state index in [4.69, 9.17) is 9.47 Å². The van der Waals surface area contributed by atoms with Gasteiger partial charge in [-0.25, -0.2) is 0 Å². The highest BCUT2D eigenvalue weighted by atomic mass is 16.5. The van der Waals surface area contributed by atoms with Crippen LogP contribution in [0.2, 0.25) is 0 Å². The fourth-order valence-corrected chi connectivity index (χ4v) is 8.45. The quantitative estimate of drug-likeness (QED) is 0.233. The molecule has 0 aliphatic carbocycles. The van der Waals surface area contributed by atoms with Crippen LogP contribution < -0.4 is 14.5 Å². The molecule has 258 valence electrons. The Kier molecular flexibility index (Phi) is 9.44. The lowest BCUT2D eigenvalue weighted by Crippen LogP contribution is -2.60. The molecule has 2 unspecified atom stereocenters. The summed E-state index contributed by atoms with van der Waals surface area (Å²) >= 11 is 0. The largest absolute Gasteiger partial charge is 0.494 e. The molecule has 3 aliphatic heterocycles. The molecule has 9 heteroatoms. The average molecular weight is 666 g/mol. The van der Waals surface area contributed by atoms with Crippen molar-refractivity contribution in [3.05, 3.63) is 92.0 Å². The van der Waals surface area contributed by atoms with Crippen LogP contribution in [0.5, 0.6) is 5.75 Å². The van der Waals surface area contributed by atoms with Gasteiger partial charge in [-0.1, -0.05) is 56.3 Å². The zero-order valence-electron chi connectivity index (χ0n) is 28.9. The Balaban J connectivity index is 1.45. The molecule has 3 amide bonds. The predicted molar refractivity (Wildman–Crippen MR) is 191 cm³/mol. The first-order valence-corrected chi connectivity index (χ1v) is 17.2. The van der Waals surface area contributed by atoms with Crippen molar-refractivity contribution < 1.29 is 29.0 Å². The molecule has 1 N–H and O–H groups in total. The SMILES string of the molecule is C=CCN(C(=O)C1N([C@@H](CO)C(C)C)C(=O)[C@@H]2[C@H](C(=O)N(CC=C)c3ccc(OCC)cc3)[C@]3(C)CCC12O3)c1ccc2ccccc2c1. The molecule has 0 radical (unpaired) electrons. The second kappa shape index (κ2) is 13.4. The number of likely N-dealkylation sites (tertiary alicyclic amines) is 1. The summed E-state index contributed by atoms with van der Waals surface area (Å²) in [5, 5.41) is 12.7. The minimum absolute atomic E-state index is 0.170. The van der Waals surface area contributed by atoms with E-state index in [1.54, 1.807) is 26.9 Å². The third-order valence-electron chi connectivity index (χ3n) is 10.7. The van der Waals surface area contributed by atoms with E-state index in [-0.39, 0.29) is 43.3 Å². The fourth-order valence-electron chi connectivity index (χ4n) is 8.45. The van der Waals surface area contributed by atoms with Crippen LogP contribution in [0.4, 0.5) is 11.4 Å². The maximum atomic E-state index is 15.1. The normalized spacial score (nSPS) is 26.1. The molecular formula is C40H47N3O6. The van der Waals surface area contributed by atoms with Gasteiger partial charge in [0, 0.05) is 24.5 Å².